The third kappa shape index (κ3) is 3.90. The molecule has 1 heterocycles. The first kappa shape index (κ1) is 21.1. The Morgan fingerprint density at radius 2 is 1.64 bits per heavy atom. The zero-order valence-corrected chi connectivity index (χ0v) is 16.8. The maximum Gasteiger partial charge on any atom is 0.339 e. The molecule has 0 fully saturated rings. The normalized spacial score (nSPS) is 10.8. The van der Waals surface area contributed by atoms with Crippen LogP contribution in [-0.4, -0.2) is 27.5 Å². The highest BCUT2D eigenvalue weighted by Crippen LogP contribution is 2.17. The number of nitrogen functional groups attached to an aromatic ring is 1. The molecule has 0 aliphatic rings. The van der Waals surface area contributed by atoms with Crippen molar-refractivity contribution < 1.29 is 14.3 Å². The van der Waals surface area contributed by atoms with E-state index in [1.54, 1.807) is 13.8 Å². The number of benzene rings is 1. The zero-order chi connectivity index (χ0) is 21.2. The van der Waals surface area contributed by atoms with Crippen molar-refractivity contribution in [3.63, 3.8) is 0 Å². The Hall–Kier alpha value is -3.16. The van der Waals surface area contributed by atoms with E-state index in [0.29, 0.717) is 12.0 Å². The second-order valence-electron chi connectivity index (χ2n) is 6.83. The molecular weight excluding hydrogens is 362 g/mol. The number of nitrogens with two attached hydrogens (primary N) is 1. The number of nitrogens with zero attached hydrogens (tertiary/aromatic N) is 2. The quantitative estimate of drug-likeness (QED) is 0.594. The molecule has 1 aromatic heterocycles. The Balaban J connectivity index is 2.33. The number of carbonyl (C=O) groups excluding carboxylic acids is 2. The molecule has 0 radical (unpaired) electrons. The standard InChI is InChI=1S/C20H25N3O5/c1-6-7-23-17(21)16(18(25)22(5)20(23)27)14(24)10-28-19(26)15-12(3)8-11(2)9-13(15)4/h8-9H,6-7,10,21H2,1-5H3. The van der Waals surface area contributed by atoms with Crippen LogP contribution in [0.5, 0.6) is 0 Å². The Morgan fingerprint density at radius 1 is 1.07 bits per heavy atom. The number of esters is 1. The Morgan fingerprint density at radius 3 is 2.18 bits per heavy atom. The van der Waals surface area contributed by atoms with E-state index in [1.165, 1.54) is 11.6 Å². The van der Waals surface area contributed by atoms with Crippen molar-refractivity contribution in [2.45, 2.75) is 40.7 Å². The highest BCUT2D eigenvalue weighted by atomic mass is 16.5. The molecule has 150 valence electrons. The Kier molecular flexibility index (Phi) is 6.23. The Labute approximate surface area is 162 Å². The van der Waals surface area contributed by atoms with Gasteiger partial charge in [-0.25, -0.2) is 9.59 Å². The molecule has 1 aromatic carbocycles. The lowest BCUT2D eigenvalue weighted by Crippen LogP contribution is -2.43. The summed E-state index contributed by atoms with van der Waals surface area (Å²) < 4.78 is 7.15. The lowest BCUT2D eigenvalue weighted by Gasteiger charge is -2.14. The van der Waals surface area contributed by atoms with Gasteiger partial charge in [0.2, 0.25) is 5.78 Å². The second kappa shape index (κ2) is 8.24. The van der Waals surface area contributed by atoms with Gasteiger partial charge in [-0.1, -0.05) is 24.6 Å². The number of hydrogen-bond donors (Lipinski definition) is 1. The van der Waals surface area contributed by atoms with Crippen molar-refractivity contribution in [3.05, 3.63) is 60.8 Å². The molecule has 0 bridgehead atoms. The third-order valence-corrected chi connectivity index (χ3v) is 4.52. The van der Waals surface area contributed by atoms with Crippen molar-refractivity contribution in [1.29, 1.82) is 0 Å². The smallest absolute Gasteiger partial charge is 0.339 e. The van der Waals surface area contributed by atoms with Crippen LogP contribution in [0, 0.1) is 20.8 Å². The summed E-state index contributed by atoms with van der Waals surface area (Å²) in [6.07, 6.45) is 0.594. The fourth-order valence-corrected chi connectivity index (χ4v) is 3.26. The summed E-state index contributed by atoms with van der Waals surface area (Å²) in [7, 11) is 1.28. The minimum Gasteiger partial charge on any atom is -0.454 e. The molecule has 28 heavy (non-hydrogen) atoms. The number of aryl methyl sites for hydroxylation is 3. The maximum absolute atomic E-state index is 12.6. The molecule has 2 aromatic rings. The van der Waals surface area contributed by atoms with Crippen LogP contribution in [-0.2, 0) is 18.3 Å². The summed E-state index contributed by atoms with van der Waals surface area (Å²) in [5.74, 6) is -1.61. The zero-order valence-electron chi connectivity index (χ0n) is 16.8. The monoisotopic (exact) mass is 387 g/mol. The van der Waals surface area contributed by atoms with Gasteiger partial charge in [0.1, 0.15) is 11.4 Å². The molecule has 0 saturated carbocycles. The largest absolute Gasteiger partial charge is 0.454 e. The van der Waals surface area contributed by atoms with Gasteiger partial charge in [-0.2, -0.15) is 0 Å². The molecule has 2 rings (SSSR count). The average molecular weight is 387 g/mol. The molecule has 8 nitrogen and oxygen atoms in total. The van der Waals surface area contributed by atoms with E-state index in [0.717, 1.165) is 21.3 Å². The van der Waals surface area contributed by atoms with Crippen molar-refractivity contribution in [2.24, 2.45) is 7.05 Å². The van der Waals surface area contributed by atoms with Crippen LogP contribution in [0.25, 0.3) is 0 Å². The van der Waals surface area contributed by atoms with Crippen LogP contribution in [0.1, 0.15) is 50.8 Å². The van der Waals surface area contributed by atoms with Crippen LogP contribution < -0.4 is 17.0 Å². The average Bonchev–Trinajstić information content (AvgIpc) is 2.61. The summed E-state index contributed by atoms with van der Waals surface area (Å²) in [5.41, 5.74) is 7.04. The van der Waals surface area contributed by atoms with Gasteiger partial charge in [-0.3, -0.25) is 18.7 Å². The summed E-state index contributed by atoms with van der Waals surface area (Å²) in [6.45, 7) is 6.95. The number of rotatable bonds is 6. The van der Waals surface area contributed by atoms with Crippen LogP contribution in [0.3, 0.4) is 0 Å². The summed E-state index contributed by atoms with van der Waals surface area (Å²) in [4.78, 5) is 49.6. The van der Waals surface area contributed by atoms with Crippen LogP contribution in [0.15, 0.2) is 21.7 Å². The molecule has 0 aliphatic heterocycles. The van der Waals surface area contributed by atoms with Gasteiger partial charge < -0.3 is 10.5 Å². The number of carbonyl (C=O) groups is 2. The lowest BCUT2D eigenvalue weighted by molar-refractivity contribution is 0.0472. The van der Waals surface area contributed by atoms with E-state index < -0.39 is 29.6 Å². The molecule has 0 aliphatic carbocycles. The first-order valence-corrected chi connectivity index (χ1v) is 8.97. The fourth-order valence-electron chi connectivity index (χ4n) is 3.26. The number of ketones is 1. The van der Waals surface area contributed by atoms with Gasteiger partial charge in [0.05, 0.1) is 5.56 Å². The second-order valence-corrected chi connectivity index (χ2v) is 6.83. The number of anilines is 1. The van der Waals surface area contributed by atoms with E-state index >= 15 is 0 Å². The van der Waals surface area contributed by atoms with E-state index in [1.807, 2.05) is 26.0 Å². The van der Waals surface area contributed by atoms with Crippen LogP contribution in [0.2, 0.25) is 0 Å². The van der Waals surface area contributed by atoms with E-state index in [4.69, 9.17) is 10.5 Å². The number of hydrogen-bond acceptors (Lipinski definition) is 6. The number of Topliss-reactive ketones (excluding diaryl/α,β-unsaturated/α-hetero) is 1. The van der Waals surface area contributed by atoms with Crippen LogP contribution in [0.4, 0.5) is 5.82 Å². The van der Waals surface area contributed by atoms with Crippen molar-refractivity contribution >= 4 is 17.6 Å². The molecule has 0 spiro atoms. The predicted octanol–water partition coefficient (Wildman–Crippen LogP) is 1.50. The molecule has 0 saturated heterocycles. The molecule has 2 N–H and O–H groups in total. The summed E-state index contributed by atoms with van der Waals surface area (Å²) >= 11 is 0. The van der Waals surface area contributed by atoms with Crippen molar-refractivity contribution in [2.75, 3.05) is 12.3 Å². The lowest BCUT2D eigenvalue weighted by atomic mass is 10.00. The van der Waals surface area contributed by atoms with E-state index in [2.05, 4.69) is 0 Å². The first-order chi connectivity index (χ1) is 13.1. The van der Waals surface area contributed by atoms with Gasteiger partial charge >= 0.3 is 11.7 Å². The van der Waals surface area contributed by atoms with Gasteiger partial charge in [0.15, 0.2) is 6.61 Å². The van der Waals surface area contributed by atoms with Crippen molar-refractivity contribution in [3.8, 4) is 0 Å². The molecular formula is C20H25N3O5. The fraction of sp³-hybridized carbons (Fsp3) is 0.400. The summed E-state index contributed by atoms with van der Waals surface area (Å²) in [5, 5.41) is 0. The molecule has 0 amide bonds. The van der Waals surface area contributed by atoms with Gasteiger partial charge in [-0.05, 0) is 38.3 Å². The highest BCUT2D eigenvalue weighted by molar-refractivity contribution is 6.02. The van der Waals surface area contributed by atoms with Gasteiger partial charge in [0.25, 0.3) is 5.56 Å². The predicted molar refractivity (Wildman–Crippen MR) is 106 cm³/mol. The number of aromatic nitrogens is 2. The molecule has 0 atom stereocenters. The number of ether oxygens (including phenoxy) is 1. The SMILES string of the molecule is CCCn1c(N)c(C(=O)COC(=O)c2c(C)cc(C)cc2C)c(=O)n(C)c1=O. The third-order valence-electron chi connectivity index (χ3n) is 4.52. The molecule has 0 unspecified atom stereocenters. The topological polar surface area (TPSA) is 113 Å². The summed E-state index contributed by atoms with van der Waals surface area (Å²) in [6, 6.07) is 3.69. The van der Waals surface area contributed by atoms with Crippen molar-refractivity contribution in [1.82, 2.24) is 9.13 Å². The van der Waals surface area contributed by atoms with E-state index in [-0.39, 0.29) is 17.9 Å². The maximum atomic E-state index is 12.6. The minimum atomic E-state index is -0.807. The highest BCUT2D eigenvalue weighted by Gasteiger charge is 2.23. The van der Waals surface area contributed by atoms with Gasteiger partial charge in [0, 0.05) is 13.6 Å². The Bertz CT molecular complexity index is 1040. The van der Waals surface area contributed by atoms with Gasteiger partial charge in [-0.15, -0.1) is 0 Å². The minimum absolute atomic E-state index is 0.210. The van der Waals surface area contributed by atoms with Crippen LogP contribution >= 0.6 is 0 Å². The molecule has 8 heteroatoms. The first-order valence-electron chi connectivity index (χ1n) is 8.97. The van der Waals surface area contributed by atoms with E-state index in [9.17, 15) is 19.2 Å².